The van der Waals surface area contributed by atoms with Gasteiger partial charge < -0.3 is 10.5 Å². The Labute approximate surface area is 121 Å². The van der Waals surface area contributed by atoms with Gasteiger partial charge in [-0.1, -0.05) is 29.8 Å². The van der Waals surface area contributed by atoms with Crippen molar-refractivity contribution in [1.29, 1.82) is 0 Å². The largest absolute Gasteiger partial charge is 0.496 e. The molecule has 0 saturated carbocycles. The minimum atomic E-state index is -4.34. The van der Waals surface area contributed by atoms with E-state index < -0.39 is 17.8 Å². The van der Waals surface area contributed by atoms with E-state index in [0.29, 0.717) is 11.3 Å². The summed E-state index contributed by atoms with van der Waals surface area (Å²) in [6, 6.07) is 9.90. The molecule has 0 spiro atoms. The molecule has 1 unspecified atom stereocenters. The average molecular weight is 295 g/mol. The molecule has 0 heterocycles. The summed E-state index contributed by atoms with van der Waals surface area (Å²) in [5.41, 5.74) is 7.83. The maximum atomic E-state index is 12.6. The molecule has 112 valence electrons. The van der Waals surface area contributed by atoms with Crippen molar-refractivity contribution in [1.82, 2.24) is 0 Å². The molecule has 2 N–H and O–H groups in total. The summed E-state index contributed by atoms with van der Waals surface area (Å²) < 4.78 is 43.0. The third-order valence-corrected chi connectivity index (χ3v) is 3.32. The maximum absolute atomic E-state index is 12.6. The second kappa shape index (κ2) is 5.77. The number of hydrogen-bond donors (Lipinski definition) is 1. The number of aryl methyl sites for hydroxylation is 1. The highest BCUT2D eigenvalue weighted by molar-refractivity contribution is 5.44. The highest BCUT2D eigenvalue weighted by Gasteiger charge is 2.30. The van der Waals surface area contributed by atoms with Crippen LogP contribution in [0.4, 0.5) is 13.2 Å². The summed E-state index contributed by atoms with van der Waals surface area (Å²) in [5.74, 6) is 0.619. The van der Waals surface area contributed by atoms with Crippen molar-refractivity contribution in [3.05, 3.63) is 64.7 Å². The number of benzene rings is 2. The summed E-state index contributed by atoms with van der Waals surface area (Å²) in [6.07, 6.45) is -4.34. The predicted molar refractivity (Wildman–Crippen MR) is 75.2 cm³/mol. The molecule has 0 amide bonds. The van der Waals surface area contributed by atoms with Crippen LogP contribution in [0.5, 0.6) is 5.75 Å². The molecule has 0 aliphatic heterocycles. The van der Waals surface area contributed by atoms with Crippen LogP contribution in [-0.4, -0.2) is 7.11 Å². The van der Waals surface area contributed by atoms with E-state index in [9.17, 15) is 13.2 Å². The van der Waals surface area contributed by atoms with Crippen molar-refractivity contribution >= 4 is 0 Å². The number of alkyl halides is 3. The quantitative estimate of drug-likeness (QED) is 0.926. The van der Waals surface area contributed by atoms with Gasteiger partial charge in [0.2, 0.25) is 0 Å². The second-order valence-electron chi connectivity index (χ2n) is 4.84. The molecule has 0 aromatic heterocycles. The molecule has 0 radical (unpaired) electrons. The molecule has 0 fully saturated rings. The lowest BCUT2D eigenvalue weighted by atomic mass is 9.96. The zero-order chi connectivity index (χ0) is 15.6. The van der Waals surface area contributed by atoms with Gasteiger partial charge >= 0.3 is 6.18 Å². The van der Waals surface area contributed by atoms with E-state index in [2.05, 4.69) is 0 Å². The first kappa shape index (κ1) is 15.4. The minimum absolute atomic E-state index is 0.540. The van der Waals surface area contributed by atoms with E-state index in [-0.39, 0.29) is 0 Å². The van der Waals surface area contributed by atoms with Crippen LogP contribution < -0.4 is 10.5 Å². The first-order chi connectivity index (χ1) is 9.82. The van der Waals surface area contributed by atoms with E-state index in [1.165, 1.54) is 19.2 Å². The van der Waals surface area contributed by atoms with Gasteiger partial charge in [-0.05, 0) is 30.7 Å². The fourth-order valence-electron chi connectivity index (χ4n) is 2.16. The monoisotopic (exact) mass is 295 g/mol. The molecular weight excluding hydrogens is 279 g/mol. The highest BCUT2D eigenvalue weighted by Crippen LogP contribution is 2.32. The Hall–Kier alpha value is -2.01. The van der Waals surface area contributed by atoms with Crippen molar-refractivity contribution in [2.24, 2.45) is 5.73 Å². The summed E-state index contributed by atoms with van der Waals surface area (Å²) in [5, 5.41) is 0. The van der Waals surface area contributed by atoms with Gasteiger partial charge in [-0.15, -0.1) is 0 Å². The van der Waals surface area contributed by atoms with Gasteiger partial charge in [-0.2, -0.15) is 13.2 Å². The molecular formula is C16H16F3NO. The van der Waals surface area contributed by atoms with Gasteiger partial charge in [0, 0.05) is 5.56 Å². The maximum Gasteiger partial charge on any atom is 0.416 e. The molecule has 2 aromatic carbocycles. The molecule has 0 aliphatic rings. The normalized spacial score (nSPS) is 13.0. The molecule has 21 heavy (non-hydrogen) atoms. The van der Waals surface area contributed by atoms with Gasteiger partial charge in [-0.3, -0.25) is 0 Å². The van der Waals surface area contributed by atoms with Crippen molar-refractivity contribution in [3.8, 4) is 5.75 Å². The van der Waals surface area contributed by atoms with Crippen LogP contribution in [0.25, 0.3) is 0 Å². The van der Waals surface area contributed by atoms with Crippen LogP contribution in [0.2, 0.25) is 0 Å². The number of rotatable bonds is 3. The van der Waals surface area contributed by atoms with E-state index >= 15 is 0 Å². The van der Waals surface area contributed by atoms with Gasteiger partial charge in [0.15, 0.2) is 0 Å². The molecule has 2 rings (SSSR count). The Morgan fingerprint density at radius 3 is 2.19 bits per heavy atom. The lowest BCUT2D eigenvalue weighted by Gasteiger charge is -2.17. The Kier molecular flexibility index (Phi) is 4.23. The van der Waals surface area contributed by atoms with Crippen LogP contribution in [-0.2, 0) is 6.18 Å². The van der Waals surface area contributed by atoms with Gasteiger partial charge in [0.05, 0.1) is 18.7 Å². The highest BCUT2D eigenvalue weighted by atomic mass is 19.4. The van der Waals surface area contributed by atoms with Crippen molar-refractivity contribution in [2.75, 3.05) is 7.11 Å². The third-order valence-electron chi connectivity index (χ3n) is 3.32. The molecule has 0 aliphatic carbocycles. The topological polar surface area (TPSA) is 35.2 Å². The van der Waals surface area contributed by atoms with Gasteiger partial charge in [-0.25, -0.2) is 0 Å². The molecule has 0 saturated heterocycles. The zero-order valence-electron chi connectivity index (χ0n) is 11.7. The number of nitrogens with two attached hydrogens (primary N) is 1. The summed E-state index contributed by atoms with van der Waals surface area (Å²) in [7, 11) is 1.54. The number of methoxy groups -OCH3 is 1. The Balaban J connectivity index is 2.36. The second-order valence-corrected chi connectivity index (χ2v) is 4.84. The van der Waals surface area contributed by atoms with E-state index in [4.69, 9.17) is 10.5 Å². The van der Waals surface area contributed by atoms with Crippen LogP contribution in [0, 0.1) is 6.92 Å². The first-order valence-electron chi connectivity index (χ1n) is 6.40. The third kappa shape index (κ3) is 3.36. The lowest BCUT2D eigenvalue weighted by molar-refractivity contribution is -0.137. The lowest BCUT2D eigenvalue weighted by Crippen LogP contribution is -2.14. The average Bonchev–Trinajstić information content (AvgIpc) is 2.45. The zero-order valence-corrected chi connectivity index (χ0v) is 11.7. The fourth-order valence-corrected chi connectivity index (χ4v) is 2.16. The number of halogens is 3. The van der Waals surface area contributed by atoms with Crippen LogP contribution in [0.3, 0.4) is 0 Å². The molecule has 5 heteroatoms. The molecule has 2 aromatic rings. The standard InChI is InChI=1S/C16H16F3NO/c1-10-3-8-14(21-2)13(9-10)15(20)11-4-6-12(7-5-11)16(17,18)19/h3-9,15H,20H2,1-2H3. The summed E-state index contributed by atoms with van der Waals surface area (Å²) >= 11 is 0. The smallest absolute Gasteiger partial charge is 0.416 e. The fraction of sp³-hybridized carbons (Fsp3) is 0.250. The van der Waals surface area contributed by atoms with Gasteiger partial charge in [0.1, 0.15) is 5.75 Å². The van der Waals surface area contributed by atoms with Crippen LogP contribution in [0.1, 0.15) is 28.3 Å². The summed E-state index contributed by atoms with van der Waals surface area (Å²) in [6.45, 7) is 1.92. The molecule has 2 nitrogen and oxygen atoms in total. The van der Waals surface area contributed by atoms with Gasteiger partial charge in [0.25, 0.3) is 0 Å². The summed E-state index contributed by atoms with van der Waals surface area (Å²) in [4.78, 5) is 0. The molecule has 0 bridgehead atoms. The Bertz CT molecular complexity index is 620. The Morgan fingerprint density at radius 1 is 1.05 bits per heavy atom. The predicted octanol–water partition coefficient (Wildman–Crippen LogP) is 4.07. The molecule has 1 atom stereocenters. The first-order valence-corrected chi connectivity index (χ1v) is 6.40. The van der Waals surface area contributed by atoms with Crippen LogP contribution >= 0.6 is 0 Å². The number of hydrogen-bond acceptors (Lipinski definition) is 2. The Morgan fingerprint density at radius 2 is 1.67 bits per heavy atom. The van der Waals surface area contributed by atoms with Crippen molar-refractivity contribution < 1.29 is 17.9 Å². The van der Waals surface area contributed by atoms with Crippen LogP contribution in [0.15, 0.2) is 42.5 Å². The van der Waals surface area contributed by atoms with E-state index in [1.54, 1.807) is 6.07 Å². The van der Waals surface area contributed by atoms with E-state index in [0.717, 1.165) is 23.3 Å². The SMILES string of the molecule is COc1ccc(C)cc1C(N)c1ccc(C(F)(F)F)cc1. The van der Waals surface area contributed by atoms with Crippen molar-refractivity contribution in [3.63, 3.8) is 0 Å². The van der Waals surface area contributed by atoms with E-state index in [1.807, 2.05) is 19.1 Å². The minimum Gasteiger partial charge on any atom is -0.496 e. The number of ether oxygens (including phenoxy) is 1. The van der Waals surface area contributed by atoms with Crippen molar-refractivity contribution in [2.45, 2.75) is 19.1 Å².